The number of hydrogen-bond acceptors (Lipinski definition) is 6. The number of ether oxygens (including phenoxy) is 1. The second kappa shape index (κ2) is 7.92. The molecule has 0 aromatic rings. The Morgan fingerprint density at radius 2 is 2.30 bits per heavy atom. The van der Waals surface area contributed by atoms with Crippen LogP contribution in [-0.4, -0.2) is 36.7 Å². The monoisotopic (exact) mass is 329 g/mol. The van der Waals surface area contributed by atoms with E-state index in [1.165, 1.54) is 0 Å². The van der Waals surface area contributed by atoms with Gasteiger partial charge in [-0.25, -0.2) is 10.2 Å². The van der Waals surface area contributed by atoms with E-state index in [1.54, 1.807) is 6.92 Å². The molecular weight excluding hydrogens is 301 g/mol. The third-order valence-electron chi connectivity index (χ3n) is 5.13. The van der Waals surface area contributed by atoms with Crippen LogP contribution in [-0.2, 0) is 9.53 Å². The molecule has 132 valence electrons. The Morgan fingerprint density at radius 3 is 2.96 bits per heavy atom. The SMILES string of the molecule is CCOC(=O)C1CC2C[C@@](F)(CC/C(=N/N)NN)CCC2CN1. The fourth-order valence-electron chi connectivity index (χ4n) is 3.81. The molecule has 2 aliphatic rings. The van der Waals surface area contributed by atoms with Crippen LogP contribution in [0.3, 0.4) is 0 Å². The first-order valence-corrected chi connectivity index (χ1v) is 8.33. The van der Waals surface area contributed by atoms with E-state index in [0.717, 1.165) is 13.0 Å². The molecule has 0 radical (unpaired) electrons. The Balaban J connectivity index is 1.92. The predicted octanol–water partition coefficient (Wildman–Crippen LogP) is 0.552. The molecular formula is C15H28FN5O2. The molecule has 2 fully saturated rings. The van der Waals surface area contributed by atoms with Crippen LogP contribution in [0.2, 0.25) is 0 Å². The van der Waals surface area contributed by atoms with Gasteiger partial charge < -0.3 is 21.3 Å². The van der Waals surface area contributed by atoms with Gasteiger partial charge in [0, 0.05) is 6.42 Å². The van der Waals surface area contributed by atoms with Crippen molar-refractivity contribution in [3.05, 3.63) is 0 Å². The van der Waals surface area contributed by atoms with Crippen molar-refractivity contribution >= 4 is 11.8 Å². The highest BCUT2D eigenvalue weighted by Gasteiger charge is 2.44. The second-order valence-corrected chi connectivity index (χ2v) is 6.58. The zero-order valence-electron chi connectivity index (χ0n) is 13.7. The summed E-state index contributed by atoms with van der Waals surface area (Å²) in [6.07, 6.45) is 3.20. The summed E-state index contributed by atoms with van der Waals surface area (Å²) in [5.41, 5.74) is 1.14. The van der Waals surface area contributed by atoms with Crippen molar-refractivity contribution in [1.29, 1.82) is 0 Å². The zero-order chi connectivity index (χ0) is 16.9. The van der Waals surface area contributed by atoms with Gasteiger partial charge in [-0.2, -0.15) is 5.10 Å². The third kappa shape index (κ3) is 4.54. The van der Waals surface area contributed by atoms with Crippen molar-refractivity contribution in [2.75, 3.05) is 13.2 Å². The summed E-state index contributed by atoms with van der Waals surface area (Å²) in [7, 11) is 0. The number of hydrazone groups is 1. The summed E-state index contributed by atoms with van der Waals surface area (Å²) in [4.78, 5) is 11.9. The van der Waals surface area contributed by atoms with Crippen molar-refractivity contribution in [1.82, 2.24) is 10.7 Å². The number of hydrazine groups is 1. The van der Waals surface area contributed by atoms with E-state index in [0.29, 0.717) is 50.5 Å². The standard InChI is InChI=1S/C15H28FN5O2/c1-2-23-14(22)12-7-11-8-15(16,5-3-10(11)9-19-12)6-4-13(20-17)21-18/h10-12,19H,2-9,17-18H2,1H3,(H,20,21)/t10?,11?,12?,15-/m0/s1. The lowest BCUT2D eigenvalue weighted by atomic mass is 9.67. The fraction of sp³-hybridized carbons (Fsp3) is 0.867. The highest BCUT2D eigenvalue weighted by atomic mass is 19.1. The number of carbonyl (C=O) groups excluding carboxylic acids is 1. The molecule has 3 unspecified atom stereocenters. The highest BCUT2D eigenvalue weighted by Crippen LogP contribution is 2.44. The summed E-state index contributed by atoms with van der Waals surface area (Å²) >= 11 is 0. The number of rotatable bonds is 5. The lowest BCUT2D eigenvalue weighted by molar-refractivity contribution is -0.147. The van der Waals surface area contributed by atoms with Gasteiger partial charge in [0.1, 0.15) is 17.5 Å². The van der Waals surface area contributed by atoms with Crippen molar-refractivity contribution in [3.8, 4) is 0 Å². The van der Waals surface area contributed by atoms with E-state index in [1.807, 2.05) is 0 Å². The second-order valence-electron chi connectivity index (χ2n) is 6.58. The number of nitrogens with one attached hydrogen (secondary N) is 2. The van der Waals surface area contributed by atoms with Gasteiger partial charge in [0.05, 0.1) is 6.61 Å². The van der Waals surface area contributed by atoms with Crippen molar-refractivity contribution in [3.63, 3.8) is 0 Å². The zero-order valence-corrected chi connectivity index (χ0v) is 13.7. The first-order valence-electron chi connectivity index (χ1n) is 8.33. The molecule has 7 nitrogen and oxygen atoms in total. The first-order chi connectivity index (χ1) is 11.0. The molecule has 0 spiro atoms. The molecule has 0 aromatic heterocycles. The maximum absolute atomic E-state index is 15.2. The smallest absolute Gasteiger partial charge is 0.323 e. The molecule has 1 aliphatic heterocycles. The maximum Gasteiger partial charge on any atom is 0.323 e. The van der Waals surface area contributed by atoms with E-state index in [-0.39, 0.29) is 17.9 Å². The molecule has 1 aliphatic carbocycles. The molecule has 0 aromatic carbocycles. The molecule has 0 amide bonds. The number of alkyl halides is 1. The average Bonchev–Trinajstić information content (AvgIpc) is 2.55. The fourth-order valence-corrected chi connectivity index (χ4v) is 3.81. The predicted molar refractivity (Wildman–Crippen MR) is 85.9 cm³/mol. The number of carbonyl (C=O) groups is 1. The summed E-state index contributed by atoms with van der Waals surface area (Å²) in [5, 5.41) is 6.74. The van der Waals surface area contributed by atoms with E-state index in [2.05, 4.69) is 15.8 Å². The normalized spacial score (nSPS) is 34.6. The largest absolute Gasteiger partial charge is 0.465 e. The van der Waals surface area contributed by atoms with Crippen molar-refractivity contribution < 1.29 is 13.9 Å². The Labute approximate surface area is 136 Å². The van der Waals surface area contributed by atoms with Crippen LogP contribution in [0.1, 0.15) is 45.4 Å². The number of nitrogens with two attached hydrogens (primary N) is 2. The third-order valence-corrected chi connectivity index (χ3v) is 5.13. The minimum atomic E-state index is -1.25. The van der Waals surface area contributed by atoms with Gasteiger partial charge in [0.15, 0.2) is 0 Å². The molecule has 1 heterocycles. The van der Waals surface area contributed by atoms with Gasteiger partial charge in [0.2, 0.25) is 0 Å². The molecule has 0 bridgehead atoms. The Morgan fingerprint density at radius 1 is 1.52 bits per heavy atom. The topological polar surface area (TPSA) is 115 Å². The lowest BCUT2D eigenvalue weighted by Crippen LogP contribution is -2.52. The van der Waals surface area contributed by atoms with E-state index in [9.17, 15) is 4.79 Å². The van der Waals surface area contributed by atoms with Crippen LogP contribution in [0, 0.1) is 11.8 Å². The Hall–Kier alpha value is -1.41. The average molecular weight is 329 g/mol. The number of amidine groups is 1. The molecule has 6 N–H and O–H groups in total. The molecule has 1 saturated heterocycles. The lowest BCUT2D eigenvalue weighted by Gasteiger charge is -2.44. The van der Waals surface area contributed by atoms with E-state index >= 15 is 4.39 Å². The quantitative estimate of drug-likeness (QED) is 0.193. The van der Waals surface area contributed by atoms with Crippen LogP contribution in [0.5, 0.6) is 0 Å². The summed E-state index contributed by atoms with van der Waals surface area (Å²) in [6, 6.07) is -0.314. The minimum Gasteiger partial charge on any atom is -0.465 e. The molecule has 4 atom stereocenters. The number of fused-ring (bicyclic) bond motifs is 1. The summed E-state index contributed by atoms with van der Waals surface area (Å²) in [5.74, 6) is 11.3. The highest BCUT2D eigenvalue weighted by molar-refractivity contribution is 5.81. The van der Waals surface area contributed by atoms with Crippen molar-refractivity contribution in [2.45, 2.75) is 57.2 Å². The number of halogens is 1. The first kappa shape index (κ1) is 17.9. The summed E-state index contributed by atoms with van der Waals surface area (Å²) < 4.78 is 20.2. The Bertz CT molecular complexity index is 448. The maximum atomic E-state index is 15.2. The molecule has 1 saturated carbocycles. The van der Waals surface area contributed by atoms with Crippen LogP contribution in [0.15, 0.2) is 5.10 Å². The van der Waals surface area contributed by atoms with Crippen LogP contribution >= 0.6 is 0 Å². The van der Waals surface area contributed by atoms with Gasteiger partial charge in [-0.15, -0.1) is 0 Å². The van der Waals surface area contributed by atoms with Crippen molar-refractivity contribution in [2.24, 2.45) is 28.6 Å². The van der Waals surface area contributed by atoms with Gasteiger partial charge >= 0.3 is 5.97 Å². The van der Waals surface area contributed by atoms with Crippen LogP contribution < -0.4 is 22.4 Å². The van der Waals surface area contributed by atoms with Crippen LogP contribution in [0.4, 0.5) is 4.39 Å². The van der Waals surface area contributed by atoms with E-state index in [4.69, 9.17) is 16.4 Å². The van der Waals surface area contributed by atoms with Gasteiger partial charge in [-0.3, -0.25) is 4.79 Å². The van der Waals surface area contributed by atoms with Gasteiger partial charge in [-0.05, 0) is 57.4 Å². The number of nitrogens with zero attached hydrogens (tertiary/aromatic N) is 1. The van der Waals surface area contributed by atoms with Gasteiger partial charge in [-0.1, -0.05) is 0 Å². The van der Waals surface area contributed by atoms with Crippen LogP contribution in [0.25, 0.3) is 0 Å². The molecule has 23 heavy (non-hydrogen) atoms. The molecule has 8 heteroatoms. The molecule has 2 rings (SSSR count). The van der Waals surface area contributed by atoms with Gasteiger partial charge in [0.25, 0.3) is 0 Å². The minimum absolute atomic E-state index is 0.202. The Kier molecular flexibility index (Phi) is 6.17. The van der Waals surface area contributed by atoms with E-state index < -0.39 is 5.67 Å². The number of hydrogen-bond donors (Lipinski definition) is 4. The number of piperidine rings is 1. The number of esters is 1. The summed E-state index contributed by atoms with van der Waals surface area (Å²) in [6.45, 7) is 2.91.